The van der Waals surface area contributed by atoms with Crippen LogP contribution in [0.15, 0.2) is 18.2 Å². The summed E-state index contributed by atoms with van der Waals surface area (Å²) in [7, 11) is 0. The molecule has 3 N–H and O–H groups in total. The van der Waals surface area contributed by atoms with Crippen LogP contribution in [0.1, 0.15) is 5.56 Å². The Morgan fingerprint density at radius 3 is 2.40 bits per heavy atom. The van der Waals surface area contributed by atoms with Crippen LogP contribution in [0.2, 0.25) is 0 Å². The number of alkyl halides is 3. The summed E-state index contributed by atoms with van der Waals surface area (Å²) in [6, 6.07) is 1.00. The minimum atomic E-state index is -4.51. The molecule has 84 valence electrons. The molecule has 0 aliphatic heterocycles. The van der Waals surface area contributed by atoms with Gasteiger partial charge in [0.25, 0.3) is 0 Å². The first kappa shape index (κ1) is 11.8. The third kappa shape index (κ3) is 3.09. The average molecular weight is 223 g/mol. The number of phenols is 1. The summed E-state index contributed by atoms with van der Waals surface area (Å²) >= 11 is 0. The van der Waals surface area contributed by atoms with Crippen molar-refractivity contribution in [3.05, 3.63) is 29.6 Å². The highest BCUT2D eigenvalue weighted by molar-refractivity contribution is 5.28. The van der Waals surface area contributed by atoms with Gasteiger partial charge in [-0.1, -0.05) is 6.07 Å². The van der Waals surface area contributed by atoms with Gasteiger partial charge in [-0.3, -0.25) is 0 Å². The van der Waals surface area contributed by atoms with E-state index >= 15 is 0 Å². The summed E-state index contributed by atoms with van der Waals surface area (Å²) in [5.74, 6) is -1.55. The van der Waals surface area contributed by atoms with E-state index in [9.17, 15) is 17.6 Å². The quantitative estimate of drug-likeness (QED) is 0.753. The fraction of sp³-hybridized carbons (Fsp3) is 0.333. The number of nitrogens with two attached hydrogens (primary N) is 1. The predicted octanol–water partition coefficient (Wildman–Crippen LogP) is 1.96. The van der Waals surface area contributed by atoms with Crippen molar-refractivity contribution in [2.24, 2.45) is 5.73 Å². The SMILES string of the molecule is NC(Cc1ccc(O)c(F)c1)C(F)(F)F. The largest absolute Gasteiger partial charge is 0.505 e. The minimum Gasteiger partial charge on any atom is -0.505 e. The molecule has 0 saturated heterocycles. The molecule has 1 aromatic carbocycles. The van der Waals surface area contributed by atoms with Gasteiger partial charge in [0, 0.05) is 0 Å². The van der Waals surface area contributed by atoms with Gasteiger partial charge in [0.1, 0.15) is 6.04 Å². The highest BCUT2D eigenvalue weighted by Gasteiger charge is 2.36. The number of benzene rings is 1. The first-order valence-electron chi connectivity index (χ1n) is 4.10. The second-order valence-corrected chi connectivity index (χ2v) is 3.14. The molecule has 0 spiro atoms. The van der Waals surface area contributed by atoms with E-state index in [1.165, 1.54) is 6.07 Å². The molecule has 0 heterocycles. The first-order chi connectivity index (χ1) is 6.80. The molecule has 6 heteroatoms. The van der Waals surface area contributed by atoms with Gasteiger partial charge in [-0.15, -0.1) is 0 Å². The van der Waals surface area contributed by atoms with Crippen molar-refractivity contribution in [2.75, 3.05) is 0 Å². The molecule has 0 bridgehead atoms. The maximum Gasteiger partial charge on any atom is 0.403 e. The predicted molar refractivity (Wildman–Crippen MR) is 45.8 cm³/mol. The van der Waals surface area contributed by atoms with Crippen molar-refractivity contribution >= 4 is 0 Å². The Kier molecular flexibility index (Phi) is 3.18. The molecule has 2 nitrogen and oxygen atoms in total. The zero-order chi connectivity index (χ0) is 11.6. The van der Waals surface area contributed by atoms with Gasteiger partial charge in [0.15, 0.2) is 11.6 Å². The van der Waals surface area contributed by atoms with Crippen molar-refractivity contribution in [1.29, 1.82) is 0 Å². The second kappa shape index (κ2) is 4.06. The van der Waals surface area contributed by atoms with Crippen LogP contribution in [0.25, 0.3) is 0 Å². The molecular formula is C9H9F4NO. The molecule has 0 fully saturated rings. The maximum absolute atomic E-state index is 12.8. The van der Waals surface area contributed by atoms with Crippen LogP contribution in [0.5, 0.6) is 5.75 Å². The number of halogens is 4. The lowest BCUT2D eigenvalue weighted by atomic mass is 10.1. The second-order valence-electron chi connectivity index (χ2n) is 3.14. The summed E-state index contributed by atoms with van der Waals surface area (Å²) in [5, 5.41) is 8.81. The number of phenolic OH excluding ortho intramolecular Hbond substituents is 1. The Balaban J connectivity index is 2.78. The highest BCUT2D eigenvalue weighted by Crippen LogP contribution is 2.23. The summed E-state index contributed by atoms with van der Waals surface area (Å²) in [4.78, 5) is 0. The number of hydrogen-bond acceptors (Lipinski definition) is 2. The molecule has 0 aliphatic rings. The smallest absolute Gasteiger partial charge is 0.403 e. The van der Waals surface area contributed by atoms with Crippen LogP contribution in [0, 0.1) is 5.82 Å². The lowest BCUT2D eigenvalue weighted by molar-refractivity contribution is -0.147. The van der Waals surface area contributed by atoms with Crippen LogP contribution in [0.4, 0.5) is 17.6 Å². The van der Waals surface area contributed by atoms with Crippen molar-refractivity contribution < 1.29 is 22.7 Å². The lowest BCUT2D eigenvalue weighted by Crippen LogP contribution is -2.39. The third-order valence-electron chi connectivity index (χ3n) is 1.89. The summed E-state index contributed by atoms with van der Waals surface area (Å²) in [6.07, 6.45) is -5.02. The highest BCUT2D eigenvalue weighted by atomic mass is 19.4. The van der Waals surface area contributed by atoms with Crippen LogP contribution >= 0.6 is 0 Å². The Morgan fingerprint density at radius 1 is 1.33 bits per heavy atom. The number of rotatable bonds is 2. The zero-order valence-corrected chi connectivity index (χ0v) is 7.55. The van der Waals surface area contributed by atoms with Crippen LogP contribution in [-0.2, 0) is 6.42 Å². The van der Waals surface area contributed by atoms with Gasteiger partial charge >= 0.3 is 6.18 Å². The third-order valence-corrected chi connectivity index (χ3v) is 1.89. The van der Waals surface area contributed by atoms with Crippen LogP contribution < -0.4 is 5.73 Å². The maximum atomic E-state index is 12.8. The monoisotopic (exact) mass is 223 g/mol. The molecule has 15 heavy (non-hydrogen) atoms. The first-order valence-corrected chi connectivity index (χ1v) is 4.10. The summed E-state index contributed by atoms with van der Waals surface area (Å²) in [5.41, 5.74) is 4.95. The van der Waals surface area contributed by atoms with E-state index in [1.807, 2.05) is 0 Å². The molecule has 0 aliphatic carbocycles. The summed E-state index contributed by atoms with van der Waals surface area (Å²) in [6.45, 7) is 0. The van der Waals surface area contributed by atoms with Gasteiger partial charge in [-0.25, -0.2) is 4.39 Å². The van der Waals surface area contributed by atoms with Crippen molar-refractivity contribution in [2.45, 2.75) is 18.6 Å². The summed E-state index contributed by atoms with van der Waals surface area (Å²) < 4.78 is 48.9. The number of hydrogen-bond donors (Lipinski definition) is 2. The Labute approximate surface area is 83.3 Å². The van der Waals surface area contributed by atoms with Gasteiger partial charge in [0.2, 0.25) is 0 Å². The molecule has 0 aromatic heterocycles. The van der Waals surface area contributed by atoms with E-state index in [2.05, 4.69) is 0 Å². The van der Waals surface area contributed by atoms with E-state index in [0.29, 0.717) is 0 Å². The van der Waals surface area contributed by atoms with E-state index in [-0.39, 0.29) is 5.56 Å². The van der Waals surface area contributed by atoms with Crippen LogP contribution in [0.3, 0.4) is 0 Å². The lowest BCUT2D eigenvalue weighted by Gasteiger charge is -2.15. The number of aromatic hydroxyl groups is 1. The molecule has 1 atom stereocenters. The van der Waals surface area contributed by atoms with Crippen molar-refractivity contribution in [3.63, 3.8) is 0 Å². The molecule has 0 amide bonds. The molecular weight excluding hydrogens is 214 g/mol. The molecule has 0 radical (unpaired) electrons. The van der Waals surface area contributed by atoms with Gasteiger partial charge < -0.3 is 10.8 Å². The van der Waals surface area contributed by atoms with Crippen LogP contribution in [-0.4, -0.2) is 17.3 Å². The van der Waals surface area contributed by atoms with E-state index in [1.54, 1.807) is 0 Å². The fourth-order valence-electron chi connectivity index (χ4n) is 1.05. The fourth-order valence-corrected chi connectivity index (χ4v) is 1.05. The molecule has 1 unspecified atom stereocenters. The Morgan fingerprint density at radius 2 is 1.93 bits per heavy atom. The van der Waals surface area contributed by atoms with Crippen molar-refractivity contribution in [3.8, 4) is 5.75 Å². The normalized spacial score (nSPS) is 13.9. The zero-order valence-electron chi connectivity index (χ0n) is 7.55. The molecule has 1 rings (SSSR count). The minimum absolute atomic E-state index is 0.0927. The van der Waals surface area contributed by atoms with E-state index < -0.39 is 30.2 Å². The molecule has 1 aromatic rings. The Bertz CT molecular complexity index is 350. The standard InChI is InChI=1S/C9H9F4NO/c10-6-3-5(1-2-7(6)15)4-8(14)9(11,12)13/h1-3,8,15H,4,14H2. The van der Waals surface area contributed by atoms with Crippen molar-refractivity contribution in [1.82, 2.24) is 0 Å². The van der Waals surface area contributed by atoms with E-state index in [0.717, 1.165) is 12.1 Å². The average Bonchev–Trinajstić information content (AvgIpc) is 2.10. The van der Waals surface area contributed by atoms with E-state index in [4.69, 9.17) is 10.8 Å². The topological polar surface area (TPSA) is 46.2 Å². The van der Waals surface area contributed by atoms with Gasteiger partial charge in [-0.2, -0.15) is 13.2 Å². The molecule has 0 saturated carbocycles. The Hall–Kier alpha value is -1.30. The van der Waals surface area contributed by atoms with Gasteiger partial charge in [-0.05, 0) is 24.1 Å². The van der Waals surface area contributed by atoms with Gasteiger partial charge in [0.05, 0.1) is 0 Å².